The number of nitrogens with zero attached hydrogens (tertiary/aromatic N) is 2. The van der Waals surface area contributed by atoms with E-state index in [1.165, 1.54) is 30.1 Å². The van der Waals surface area contributed by atoms with E-state index in [-0.39, 0.29) is 11.8 Å². The fraction of sp³-hybridized carbons (Fsp3) is 0.143. The van der Waals surface area contributed by atoms with E-state index in [2.05, 4.69) is 5.10 Å². The number of allylic oxidation sites excluding steroid dienone is 1. The summed E-state index contributed by atoms with van der Waals surface area (Å²) in [5.41, 5.74) is 1.32. The molecule has 0 aliphatic carbocycles. The molecule has 0 spiro atoms. The maximum Gasteiger partial charge on any atom is 0.203 e. The molecule has 3 rings (SSSR count). The number of benzene rings is 2. The number of methoxy groups -OCH3 is 1. The molecule has 3 aromatic rings. The fourth-order valence-electron chi connectivity index (χ4n) is 2.66. The van der Waals surface area contributed by atoms with Crippen molar-refractivity contribution in [2.45, 2.75) is 6.61 Å². The number of carbonyl (C=O) groups is 1. The van der Waals surface area contributed by atoms with E-state index in [0.29, 0.717) is 22.4 Å². The molecule has 0 unspecified atom stereocenters. The third-order valence-electron chi connectivity index (χ3n) is 4.16. The summed E-state index contributed by atoms with van der Waals surface area (Å²) in [4.78, 5) is 12.1. The SMILES string of the molecule is COc1ccc(/C=C/C(=O)c2cnn(C)c2)cc1COc1c(F)c(F)cc(F)c1F. The molecular weight excluding hydrogens is 404 g/mol. The Morgan fingerprint density at radius 1 is 1.13 bits per heavy atom. The maximum atomic E-state index is 13.8. The zero-order chi connectivity index (χ0) is 21.8. The summed E-state index contributed by atoms with van der Waals surface area (Å²) >= 11 is 0. The van der Waals surface area contributed by atoms with Gasteiger partial charge in [-0.3, -0.25) is 9.48 Å². The van der Waals surface area contributed by atoms with Crippen LogP contribution in [0.2, 0.25) is 0 Å². The molecule has 0 amide bonds. The van der Waals surface area contributed by atoms with Crippen LogP contribution in [0.25, 0.3) is 6.08 Å². The van der Waals surface area contributed by atoms with Gasteiger partial charge in [-0.05, 0) is 23.8 Å². The van der Waals surface area contributed by atoms with Crippen LogP contribution >= 0.6 is 0 Å². The summed E-state index contributed by atoms with van der Waals surface area (Å²) in [6, 6.07) is 4.87. The summed E-state index contributed by atoms with van der Waals surface area (Å²) in [6.45, 7) is -0.432. The Labute approximate surface area is 169 Å². The van der Waals surface area contributed by atoms with Gasteiger partial charge in [0.15, 0.2) is 23.2 Å². The molecule has 1 aromatic heterocycles. The predicted molar refractivity (Wildman–Crippen MR) is 100 cm³/mol. The summed E-state index contributed by atoms with van der Waals surface area (Å²) in [6.07, 6.45) is 5.87. The first-order valence-corrected chi connectivity index (χ1v) is 8.64. The minimum Gasteiger partial charge on any atom is -0.496 e. The van der Waals surface area contributed by atoms with Crippen molar-refractivity contribution in [3.63, 3.8) is 0 Å². The van der Waals surface area contributed by atoms with Crippen molar-refractivity contribution in [3.8, 4) is 11.5 Å². The summed E-state index contributed by atoms with van der Waals surface area (Å²) in [7, 11) is 3.07. The van der Waals surface area contributed by atoms with Gasteiger partial charge in [-0.2, -0.15) is 13.9 Å². The monoisotopic (exact) mass is 420 g/mol. The van der Waals surface area contributed by atoms with Crippen LogP contribution in [0.3, 0.4) is 0 Å². The number of rotatable bonds is 7. The molecule has 1 heterocycles. The maximum absolute atomic E-state index is 13.8. The molecule has 0 bridgehead atoms. The molecule has 30 heavy (non-hydrogen) atoms. The van der Waals surface area contributed by atoms with Crippen molar-refractivity contribution in [3.05, 3.63) is 82.7 Å². The highest BCUT2D eigenvalue weighted by molar-refractivity contribution is 6.06. The minimum absolute atomic E-state index is 0.1000. The van der Waals surface area contributed by atoms with E-state index in [1.54, 1.807) is 31.4 Å². The van der Waals surface area contributed by atoms with Gasteiger partial charge in [0, 0.05) is 24.9 Å². The van der Waals surface area contributed by atoms with Crippen molar-refractivity contribution in [1.29, 1.82) is 0 Å². The Kier molecular flexibility index (Phi) is 6.20. The van der Waals surface area contributed by atoms with Crippen molar-refractivity contribution in [1.82, 2.24) is 9.78 Å². The van der Waals surface area contributed by atoms with Gasteiger partial charge >= 0.3 is 0 Å². The Hall–Kier alpha value is -3.62. The number of halogens is 4. The van der Waals surface area contributed by atoms with E-state index in [1.807, 2.05) is 0 Å². The van der Waals surface area contributed by atoms with Crippen LogP contribution in [0.15, 0.2) is 42.7 Å². The number of ketones is 1. The van der Waals surface area contributed by atoms with Gasteiger partial charge in [0.05, 0.1) is 18.9 Å². The number of ether oxygens (including phenoxy) is 2. The minimum atomic E-state index is -1.63. The molecule has 0 atom stereocenters. The van der Waals surface area contributed by atoms with Gasteiger partial charge in [-0.25, -0.2) is 8.78 Å². The lowest BCUT2D eigenvalue weighted by molar-refractivity contribution is 0.104. The number of aryl methyl sites for hydroxylation is 1. The molecule has 9 heteroatoms. The number of hydrogen-bond donors (Lipinski definition) is 0. The van der Waals surface area contributed by atoms with E-state index in [4.69, 9.17) is 9.47 Å². The summed E-state index contributed by atoms with van der Waals surface area (Å²) in [5.74, 6) is -7.51. The van der Waals surface area contributed by atoms with Gasteiger partial charge < -0.3 is 9.47 Å². The van der Waals surface area contributed by atoms with Crippen molar-refractivity contribution >= 4 is 11.9 Å². The zero-order valence-corrected chi connectivity index (χ0v) is 16.0. The van der Waals surface area contributed by atoms with Gasteiger partial charge in [0.2, 0.25) is 11.6 Å². The van der Waals surface area contributed by atoms with Gasteiger partial charge in [-0.1, -0.05) is 12.1 Å². The number of carbonyl (C=O) groups excluding carboxylic acids is 1. The van der Waals surface area contributed by atoms with Crippen molar-refractivity contribution in [2.75, 3.05) is 7.11 Å². The van der Waals surface area contributed by atoms with Crippen molar-refractivity contribution in [2.24, 2.45) is 7.05 Å². The highest BCUT2D eigenvalue weighted by atomic mass is 19.2. The van der Waals surface area contributed by atoms with Crippen LogP contribution in [0.1, 0.15) is 21.5 Å². The highest BCUT2D eigenvalue weighted by Gasteiger charge is 2.21. The standard InChI is InChI=1S/C21H16F4N2O3/c1-27-10-14(9-26-27)17(28)5-3-12-4-6-18(29-2)13(7-12)11-30-21-19(24)15(22)8-16(23)20(21)25/h3-10H,11H2,1-2H3/b5-3+. The first kappa shape index (κ1) is 21.1. The Morgan fingerprint density at radius 2 is 1.83 bits per heavy atom. The molecule has 0 aliphatic heterocycles. The van der Waals surface area contributed by atoms with Crippen LogP contribution in [-0.4, -0.2) is 22.7 Å². The third kappa shape index (κ3) is 4.51. The molecule has 156 valence electrons. The van der Waals surface area contributed by atoms with Crippen LogP contribution in [0.5, 0.6) is 11.5 Å². The molecule has 0 N–H and O–H groups in total. The second kappa shape index (κ2) is 8.81. The summed E-state index contributed by atoms with van der Waals surface area (Å²) < 4.78 is 65.9. The molecule has 0 fully saturated rings. The number of hydrogen-bond acceptors (Lipinski definition) is 4. The van der Waals surface area contributed by atoms with Gasteiger partial charge in [0.1, 0.15) is 12.4 Å². The first-order valence-electron chi connectivity index (χ1n) is 8.64. The van der Waals surface area contributed by atoms with E-state index in [9.17, 15) is 22.4 Å². The molecule has 2 aromatic carbocycles. The molecular formula is C21H16F4N2O3. The predicted octanol–water partition coefficient (Wildman–Crippen LogP) is 4.46. The average molecular weight is 420 g/mol. The molecule has 0 radical (unpaired) electrons. The summed E-state index contributed by atoms with van der Waals surface area (Å²) in [5, 5.41) is 3.92. The van der Waals surface area contributed by atoms with Crippen LogP contribution in [0, 0.1) is 23.3 Å². The second-order valence-corrected chi connectivity index (χ2v) is 6.26. The van der Waals surface area contributed by atoms with Crippen LogP contribution in [0.4, 0.5) is 17.6 Å². The van der Waals surface area contributed by atoms with E-state index < -0.39 is 35.6 Å². The molecule has 0 aliphatic rings. The Morgan fingerprint density at radius 3 is 2.43 bits per heavy atom. The zero-order valence-electron chi connectivity index (χ0n) is 16.0. The van der Waals surface area contributed by atoms with E-state index >= 15 is 0 Å². The Bertz CT molecular complexity index is 1100. The first-order chi connectivity index (χ1) is 14.3. The largest absolute Gasteiger partial charge is 0.496 e. The topological polar surface area (TPSA) is 53.3 Å². The second-order valence-electron chi connectivity index (χ2n) is 6.26. The highest BCUT2D eigenvalue weighted by Crippen LogP contribution is 2.29. The Balaban J connectivity index is 1.82. The third-order valence-corrected chi connectivity index (χ3v) is 4.16. The normalized spacial score (nSPS) is 11.1. The van der Waals surface area contributed by atoms with Crippen LogP contribution < -0.4 is 9.47 Å². The molecule has 5 nitrogen and oxygen atoms in total. The van der Waals surface area contributed by atoms with Crippen molar-refractivity contribution < 1.29 is 31.8 Å². The van der Waals surface area contributed by atoms with Gasteiger partial charge in [0.25, 0.3) is 0 Å². The van der Waals surface area contributed by atoms with E-state index in [0.717, 1.165) is 0 Å². The quantitative estimate of drug-likeness (QED) is 0.245. The lowest BCUT2D eigenvalue weighted by atomic mass is 10.1. The lowest BCUT2D eigenvalue weighted by Gasteiger charge is -2.13. The van der Waals surface area contributed by atoms with Crippen LogP contribution in [-0.2, 0) is 13.7 Å². The average Bonchev–Trinajstić information content (AvgIpc) is 3.17. The molecule has 0 saturated heterocycles. The lowest BCUT2D eigenvalue weighted by Crippen LogP contribution is -2.05. The smallest absolute Gasteiger partial charge is 0.203 e. The fourth-order valence-corrected chi connectivity index (χ4v) is 2.66. The molecule has 0 saturated carbocycles. The number of aromatic nitrogens is 2. The van der Waals surface area contributed by atoms with Gasteiger partial charge in [-0.15, -0.1) is 0 Å².